The molecule has 1 aromatic heterocycles. The predicted octanol–water partition coefficient (Wildman–Crippen LogP) is 8.90. The number of H-pyrrole nitrogens is 1. The molecular formula is C41H49N3O6Si. The van der Waals surface area contributed by atoms with Gasteiger partial charge in [-0.25, -0.2) is 4.79 Å². The normalized spacial score (nSPS) is 12.5. The molecule has 0 radical (unpaired) electrons. The lowest BCUT2D eigenvalue weighted by Gasteiger charge is -2.39. The van der Waals surface area contributed by atoms with Crippen LogP contribution in [0.1, 0.15) is 50.0 Å². The molecule has 1 amide bonds. The Balaban J connectivity index is 1.14. The Morgan fingerprint density at radius 2 is 1.63 bits per heavy atom. The Kier molecular flexibility index (Phi) is 12.0. The van der Waals surface area contributed by atoms with Crippen LogP contribution in [0.2, 0.25) is 18.1 Å². The zero-order chi connectivity index (χ0) is 36.6. The molecule has 0 aliphatic carbocycles. The van der Waals surface area contributed by atoms with Crippen LogP contribution in [0.3, 0.4) is 0 Å². The van der Waals surface area contributed by atoms with Crippen LogP contribution in [0.4, 0.5) is 10.5 Å². The van der Waals surface area contributed by atoms with Crippen molar-refractivity contribution in [2.75, 3.05) is 25.0 Å². The van der Waals surface area contributed by atoms with Gasteiger partial charge in [0.15, 0.2) is 8.32 Å². The van der Waals surface area contributed by atoms with Crippen molar-refractivity contribution in [2.24, 2.45) is 0 Å². The summed E-state index contributed by atoms with van der Waals surface area (Å²) >= 11 is 0. The third-order valence-electron chi connectivity index (χ3n) is 9.63. The van der Waals surface area contributed by atoms with Crippen LogP contribution in [-0.2, 0) is 17.3 Å². The minimum Gasteiger partial charge on any atom is -0.506 e. The average molecular weight is 708 g/mol. The predicted molar refractivity (Wildman–Crippen MR) is 208 cm³/mol. The fraction of sp³-hybridized carbons (Fsp3) is 0.317. The van der Waals surface area contributed by atoms with Gasteiger partial charge in [0.2, 0.25) is 5.56 Å². The molecule has 1 atom stereocenters. The van der Waals surface area contributed by atoms with Crippen LogP contribution < -0.4 is 20.9 Å². The lowest BCUT2D eigenvalue weighted by molar-refractivity contribution is 0.182. The number of phenols is 1. The fourth-order valence-electron chi connectivity index (χ4n) is 5.81. The summed E-state index contributed by atoms with van der Waals surface area (Å²) in [5.41, 5.74) is 5.68. The molecule has 1 heterocycles. The number of nitrogens with one attached hydrogen (secondary N) is 3. The fourth-order valence-corrected chi connectivity index (χ4v) is 7.08. The van der Waals surface area contributed by atoms with E-state index < -0.39 is 14.4 Å². The van der Waals surface area contributed by atoms with Gasteiger partial charge >= 0.3 is 6.09 Å². The van der Waals surface area contributed by atoms with Crippen LogP contribution in [-0.4, -0.2) is 49.3 Å². The molecule has 0 aliphatic rings. The van der Waals surface area contributed by atoms with Gasteiger partial charge in [0, 0.05) is 23.6 Å². The Labute approximate surface area is 300 Å². The number of rotatable bonds is 15. The zero-order valence-electron chi connectivity index (χ0n) is 30.1. The molecule has 5 aromatic rings. The van der Waals surface area contributed by atoms with Crippen molar-refractivity contribution in [1.82, 2.24) is 10.3 Å². The van der Waals surface area contributed by atoms with E-state index in [1.165, 1.54) is 11.6 Å². The van der Waals surface area contributed by atoms with E-state index in [2.05, 4.69) is 61.6 Å². The van der Waals surface area contributed by atoms with Crippen molar-refractivity contribution in [1.29, 1.82) is 0 Å². The Morgan fingerprint density at radius 3 is 2.33 bits per heavy atom. The summed E-state index contributed by atoms with van der Waals surface area (Å²) in [4.78, 5) is 26.2. The first-order valence-corrected chi connectivity index (χ1v) is 20.3. The van der Waals surface area contributed by atoms with Crippen LogP contribution in [0.5, 0.6) is 11.5 Å². The quantitative estimate of drug-likeness (QED) is 0.0542. The number of pyridine rings is 1. The van der Waals surface area contributed by atoms with Crippen molar-refractivity contribution < 1.29 is 24.2 Å². The Hall–Kier alpha value is -4.90. The zero-order valence-corrected chi connectivity index (χ0v) is 31.1. The standard InChI is InChI=1S/C41H49N3O6Si/c1-41(2,3)51(4,5)50-37(33-19-21-36(45)39-34(33)20-22-38(46)44-39)27-42-24-23-28-13-16-31(17-14-28)49-25-9-10-29-15-18-32(30-11-7-6-8-12-30)35(26-29)43-40(47)48/h6-8,11-22,26,37,42-43,45H,9-10,23-25,27H2,1-5H3,(H,44,46)(H,47,48). The average Bonchev–Trinajstić information content (AvgIpc) is 3.09. The maximum Gasteiger partial charge on any atom is 0.409 e. The van der Waals surface area contributed by atoms with Gasteiger partial charge in [-0.3, -0.25) is 10.1 Å². The largest absolute Gasteiger partial charge is 0.506 e. The van der Waals surface area contributed by atoms with E-state index in [9.17, 15) is 19.8 Å². The number of aromatic hydroxyl groups is 1. The summed E-state index contributed by atoms with van der Waals surface area (Å²) in [6.45, 7) is 13.0. The van der Waals surface area contributed by atoms with Gasteiger partial charge in [0.1, 0.15) is 11.5 Å². The molecule has 0 fully saturated rings. The number of hydrogen-bond acceptors (Lipinski definition) is 6. The molecule has 9 nitrogen and oxygen atoms in total. The van der Waals surface area contributed by atoms with E-state index in [4.69, 9.17) is 9.16 Å². The van der Waals surface area contributed by atoms with Crippen molar-refractivity contribution in [2.45, 2.75) is 64.3 Å². The van der Waals surface area contributed by atoms with E-state index in [0.29, 0.717) is 24.4 Å². The van der Waals surface area contributed by atoms with Gasteiger partial charge in [-0.05, 0) is 96.5 Å². The maximum absolute atomic E-state index is 12.0. The number of phenolic OH excluding ortho intramolecular Hbond substituents is 1. The van der Waals surface area contributed by atoms with E-state index in [-0.39, 0.29) is 22.5 Å². The van der Waals surface area contributed by atoms with Gasteiger partial charge in [-0.1, -0.05) is 81.4 Å². The summed E-state index contributed by atoms with van der Waals surface area (Å²) in [7, 11) is -2.16. The van der Waals surface area contributed by atoms with Gasteiger partial charge in [-0.15, -0.1) is 0 Å². The van der Waals surface area contributed by atoms with E-state index in [1.54, 1.807) is 12.1 Å². The molecule has 10 heteroatoms. The minimum atomic E-state index is -2.16. The van der Waals surface area contributed by atoms with E-state index in [1.807, 2.05) is 66.7 Å². The highest BCUT2D eigenvalue weighted by atomic mass is 28.4. The molecule has 51 heavy (non-hydrogen) atoms. The molecule has 0 bridgehead atoms. The monoisotopic (exact) mass is 707 g/mol. The van der Waals surface area contributed by atoms with Crippen LogP contribution >= 0.6 is 0 Å². The SMILES string of the molecule is CC(C)(C)[Si](C)(C)OC(CNCCc1ccc(OCCCc2ccc(-c3ccccc3)c(NC(=O)O)c2)cc1)c1ccc(O)c2[nH]c(=O)ccc12. The molecule has 0 saturated carbocycles. The third-order valence-corrected chi connectivity index (χ3v) is 14.1. The number of amides is 1. The lowest BCUT2D eigenvalue weighted by atomic mass is 10.00. The van der Waals surface area contributed by atoms with Gasteiger partial charge in [0.25, 0.3) is 0 Å². The topological polar surface area (TPSA) is 133 Å². The first-order valence-electron chi connectivity index (χ1n) is 17.4. The number of benzene rings is 4. The third kappa shape index (κ3) is 9.88. The highest BCUT2D eigenvalue weighted by Crippen LogP contribution is 2.41. The highest BCUT2D eigenvalue weighted by molar-refractivity contribution is 6.74. The molecule has 5 rings (SSSR count). The molecule has 1 unspecified atom stereocenters. The second-order valence-corrected chi connectivity index (χ2v) is 19.1. The van der Waals surface area contributed by atoms with Crippen molar-refractivity contribution >= 4 is 31.0 Å². The number of carbonyl (C=O) groups is 1. The molecular weight excluding hydrogens is 659 g/mol. The number of aryl methyl sites for hydroxylation is 1. The van der Waals surface area contributed by atoms with E-state index >= 15 is 0 Å². The first-order chi connectivity index (χ1) is 24.3. The van der Waals surface area contributed by atoms with Crippen molar-refractivity contribution in [3.8, 4) is 22.6 Å². The second kappa shape index (κ2) is 16.4. The summed E-state index contributed by atoms with van der Waals surface area (Å²) in [5, 5.41) is 26.7. The van der Waals surface area contributed by atoms with E-state index in [0.717, 1.165) is 59.2 Å². The smallest absolute Gasteiger partial charge is 0.409 e. The summed E-state index contributed by atoms with van der Waals surface area (Å²) < 4.78 is 12.9. The molecule has 4 aromatic carbocycles. The number of ether oxygens (including phenoxy) is 1. The second-order valence-electron chi connectivity index (χ2n) is 14.4. The van der Waals surface area contributed by atoms with Crippen LogP contribution in [0.25, 0.3) is 22.0 Å². The Morgan fingerprint density at radius 1 is 0.902 bits per heavy atom. The Bertz CT molecular complexity index is 1990. The number of hydrogen-bond donors (Lipinski definition) is 5. The van der Waals surface area contributed by atoms with Crippen LogP contribution in [0.15, 0.2) is 102 Å². The molecule has 0 aliphatic heterocycles. The molecule has 0 spiro atoms. The number of aromatic amines is 1. The van der Waals surface area contributed by atoms with Crippen molar-refractivity contribution in [3.05, 3.63) is 124 Å². The molecule has 5 N–H and O–H groups in total. The van der Waals surface area contributed by atoms with Gasteiger partial charge in [-0.2, -0.15) is 0 Å². The number of aromatic nitrogens is 1. The number of fused-ring (bicyclic) bond motifs is 1. The molecule has 0 saturated heterocycles. The molecule has 268 valence electrons. The van der Waals surface area contributed by atoms with Crippen molar-refractivity contribution in [3.63, 3.8) is 0 Å². The minimum absolute atomic E-state index is 0.00715. The van der Waals surface area contributed by atoms with Crippen LogP contribution in [0, 0.1) is 0 Å². The highest BCUT2D eigenvalue weighted by Gasteiger charge is 2.39. The summed E-state index contributed by atoms with van der Waals surface area (Å²) in [6.07, 6.45) is 1.01. The summed E-state index contributed by atoms with van der Waals surface area (Å²) in [6, 6.07) is 30.5. The van der Waals surface area contributed by atoms with Gasteiger partial charge in [0.05, 0.1) is 23.9 Å². The maximum atomic E-state index is 12.0. The number of carboxylic acid groups (broad SMARTS) is 1. The first kappa shape index (κ1) is 37.4. The number of anilines is 1. The lowest BCUT2D eigenvalue weighted by Crippen LogP contribution is -2.43. The van der Waals surface area contributed by atoms with Gasteiger partial charge < -0.3 is 29.7 Å². The summed E-state index contributed by atoms with van der Waals surface area (Å²) in [5.74, 6) is 0.843.